The number of carbonyl (C=O) groups is 3. The molecule has 1 aliphatic rings. The normalized spacial score (nSPS) is 14.2. The van der Waals surface area contributed by atoms with E-state index in [2.05, 4.69) is 10.3 Å². The second-order valence-electron chi connectivity index (χ2n) is 5.23. The summed E-state index contributed by atoms with van der Waals surface area (Å²) in [4.78, 5) is 42.8. The fraction of sp³-hybridized carbons (Fsp3) is 0.600. The maximum Gasteiger partial charge on any atom is 0.413 e. The lowest BCUT2D eigenvalue weighted by Crippen LogP contribution is -2.51. The molecule has 0 aliphatic carbocycles. The Kier molecular flexibility index (Phi) is 6.99. The van der Waals surface area contributed by atoms with Gasteiger partial charge in [-0.2, -0.15) is 0 Å². The summed E-state index contributed by atoms with van der Waals surface area (Å²) in [6.45, 7) is 5.94. The molecule has 1 aromatic heterocycles. The van der Waals surface area contributed by atoms with E-state index in [9.17, 15) is 14.4 Å². The number of ether oxygens (including phenoxy) is 2. The third-order valence-corrected chi connectivity index (χ3v) is 4.33. The van der Waals surface area contributed by atoms with Gasteiger partial charge in [-0.1, -0.05) is 0 Å². The molecule has 138 valence electrons. The summed E-state index contributed by atoms with van der Waals surface area (Å²) in [5.74, 6) is -0.0588. The van der Waals surface area contributed by atoms with Gasteiger partial charge in [0.25, 0.3) is 0 Å². The van der Waals surface area contributed by atoms with Crippen LogP contribution in [-0.4, -0.2) is 72.3 Å². The molecule has 25 heavy (non-hydrogen) atoms. The van der Waals surface area contributed by atoms with Crippen molar-refractivity contribution < 1.29 is 23.9 Å². The molecule has 0 saturated carbocycles. The van der Waals surface area contributed by atoms with Gasteiger partial charge in [0.05, 0.1) is 25.3 Å². The highest BCUT2D eigenvalue weighted by atomic mass is 32.1. The molecular weight excluding hydrogens is 348 g/mol. The van der Waals surface area contributed by atoms with Gasteiger partial charge < -0.3 is 19.3 Å². The van der Waals surface area contributed by atoms with Gasteiger partial charge in [-0.25, -0.2) is 14.6 Å². The van der Waals surface area contributed by atoms with Gasteiger partial charge in [0.15, 0.2) is 5.13 Å². The molecule has 9 nitrogen and oxygen atoms in total. The summed E-state index contributed by atoms with van der Waals surface area (Å²) in [6, 6.07) is 0. The second-order valence-corrected chi connectivity index (χ2v) is 6.09. The van der Waals surface area contributed by atoms with Crippen LogP contribution in [0.1, 0.15) is 19.5 Å². The molecular formula is C15H22N4O5S. The molecule has 2 rings (SSSR count). The predicted molar refractivity (Wildman–Crippen MR) is 91.6 cm³/mol. The first-order chi connectivity index (χ1) is 12.0. The number of piperazine rings is 1. The van der Waals surface area contributed by atoms with Crippen molar-refractivity contribution in [3.05, 3.63) is 11.1 Å². The zero-order valence-electron chi connectivity index (χ0n) is 14.3. The zero-order chi connectivity index (χ0) is 18.2. The van der Waals surface area contributed by atoms with Crippen LogP contribution in [0, 0.1) is 0 Å². The van der Waals surface area contributed by atoms with Crippen LogP contribution in [0.25, 0.3) is 0 Å². The highest BCUT2D eigenvalue weighted by Gasteiger charge is 2.25. The molecule has 0 radical (unpaired) electrons. The zero-order valence-corrected chi connectivity index (χ0v) is 15.1. The van der Waals surface area contributed by atoms with Gasteiger partial charge in [0.2, 0.25) is 5.91 Å². The first-order valence-corrected chi connectivity index (χ1v) is 8.99. The molecule has 0 bridgehead atoms. The van der Waals surface area contributed by atoms with Gasteiger partial charge in [-0.05, 0) is 13.8 Å². The fourth-order valence-corrected chi connectivity index (χ4v) is 3.02. The number of hydrogen-bond acceptors (Lipinski definition) is 7. The van der Waals surface area contributed by atoms with Gasteiger partial charge in [0, 0.05) is 31.6 Å². The third kappa shape index (κ3) is 5.59. The van der Waals surface area contributed by atoms with Crippen molar-refractivity contribution in [1.82, 2.24) is 14.8 Å². The fourth-order valence-electron chi connectivity index (χ4n) is 2.32. The Balaban J connectivity index is 1.80. The van der Waals surface area contributed by atoms with Crippen LogP contribution in [0.5, 0.6) is 0 Å². The highest BCUT2D eigenvalue weighted by molar-refractivity contribution is 7.13. The van der Waals surface area contributed by atoms with Gasteiger partial charge in [-0.15, -0.1) is 11.3 Å². The van der Waals surface area contributed by atoms with Crippen molar-refractivity contribution in [3.63, 3.8) is 0 Å². The lowest BCUT2D eigenvalue weighted by molar-refractivity contribution is -0.132. The maximum atomic E-state index is 12.3. The number of anilines is 1. The second kappa shape index (κ2) is 9.21. The lowest BCUT2D eigenvalue weighted by Gasteiger charge is -2.34. The first-order valence-electron chi connectivity index (χ1n) is 8.11. The van der Waals surface area contributed by atoms with Crippen molar-refractivity contribution in [1.29, 1.82) is 0 Å². The van der Waals surface area contributed by atoms with E-state index in [1.165, 1.54) is 11.3 Å². The van der Waals surface area contributed by atoms with E-state index in [1.54, 1.807) is 29.0 Å². The summed E-state index contributed by atoms with van der Waals surface area (Å²) >= 11 is 1.24. The number of thiazole rings is 1. The van der Waals surface area contributed by atoms with E-state index >= 15 is 0 Å². The van der Waals surface area contributed by atoms with Crippen LogP contribution < -0.4 is 5.32 Å². The van der Waals surface area contributed by atoms with Crippen LogP contribution in [-0.2, 0) is 20.7 Å². The van der Waals surface area contributed by atoms with E-state index < -0.39 is 6.09 Å². The molecule has 1 aliphatic heterocycles. The summed E-state index contributed by atoms with van der Waals surface area (Å²) in [5, 5.41) is 4.64. The van der Waals surface area contributed by atoms with E-state index in [1.807, 2.05) is 0 Å². The standard InChI is InChI=1S/C15H22N4O5S/c1-3-23-14(21)17-13-16-11(10-25-13)9-12(20)18-5-7-19(8-6-18)15(22)24-4-2/h10H,3-9H2,1-2H3,(H,16,17,21). The van der Waals surface area contributed by atoms with Crippen molar-refractivity contribution in [3.8, 4) is 0 Å². The van der Waals surface area contributed by atoms with Crippen molar-refractivity contribution in [2.75, 3.05) is 44.7 Å². The summed E-state index contributed by atoms with van der Waals surface area (Å²) < 4.78 is 9.73. The molecule has 10 heteroatoms. The predicted octanol–water partition coefficient (Wildman–Crippen LogP) is 1.55. The molecule has 1 aromatic rings. The largest absolute Gasteiger partial charge is 0.450 e. The minimum atomic E-state index is -0.565. The molecule has 1 N–H and O–H groups in total. The Morgan fingerprint density at radius 3 is 2.40 bits per heavy atom. The van der Waals surface area contributed by atoms with E-state index in [0.717, 1.165) is 0 Å². The summed E-state index contributed by atoms with van der Waals surface area (Å²) in [5.41, 5.74) is 0.592. The Labute approximate surface area is 149 Å². The molecule has 1 fully saturated rings. The highest BCUT2D eigenvalue weighted by Crippen LogP contribution is 2.17. The maximum absolute atomic E-state index is 12.3. The Hall–Kier alpha value is -2.36. The average Bonchev–Trinajstić information content (AvgIpc) is 3.02. The number of amides is 3. The molecule has 0 spiro atoms. The van der Waals surface area contributed by atoms with Gasteiger partial charge >= 0.3 is 12.2 Å². The van der Waals surface area contributed by atoms with Crippen molar-refractivity contribution in [2.45, 2.75) is 20.3 Å². The monoisotopic (exact) mass is 370 g/mol. The molecule has 1 saturated heterocycles. The SMILES string of the molecule is CCOC(=O)Nc1nc(CC(=O)N2CCN(C(=O)OCC)CC2)cs1. The van der Waals surface area contributed by atoms with E-state index in [4.69, 9.17) is 9.47 Å². The number of nitrogens with one attached hydrogen (secondary N) is 1. The van der Waals surface area contributed by atoms with Gasteiger partial charge in [0.1, 0.15) is 0 Å². The number of rotatable bonds is 5. The van der Waals surface area contributed by atoms with Crippen LogP contribution in [0.2, 0.25) is 0 Å². The van der Waals surface area contributed by atoms with Crippen LogP contribution in [0.3, 0.4) is 0 Å². The number of hydrogen-bond donors (Lipinski definition) is 1. The number of nitrogens with zero attached hydrogens (tertiary/aromatic N) is 3. The lowest BCUT2D eigenvalue weighted by atomic mass is 10.2. The van der Waals surface area contributed by atoms with E-state index in [0.29, 0.717) is 43.6 Å². The topological polar surface area (TPSA) is 101 Å². The van der Waals surface area contributed by atoms with Crippen molar-refractivity contribution >= 4 is 34.6 Å². The molecule has 2 heterocycles. The number of carbonyl (C=O) groups excluding carboxylic acids is 3. The third-order valence-electron chi connectivity index (χ3n) is 3.53. The first kappa shape index (κ1) is 19.0. The van der Waals surface area contributed by atoms with Crippen molar-refractivity contribution in [2.24, 2.45) is 0 Å². The van der Waals surface area contributed by atoms with E-state index in [-0.39, 0.29) is 25.0 Å². The number of aromatic nitrogens is 1. The Morgan fingerprint density at radius 1 is 1.12 bits per heavy atom. The molecule has 3 amide bonds. The minimum Gasteiger partial charge on any atom is -0.450 e. The van der Waals surface area contributed by atoms with Crippen LogP contribution >= 0.6 is 11.3 Å². The Morgan fingerprint density at radius 2 is 1.76 bits per heavy atom. The minimum absolute atomic E-state index is 0.0588. The van der Waals surface area contributed by atoms with Crippen LogP contribution in [0.4, 0.5) is 14.7 Å². The average molecular weight is 370 g/mol. The summed E-state index contributed by atoms with van der Waals surface area (Å²) in [6.07, 6.45) is -0.756. The molecule has 0 unspecified atom stereocenters. The quantitative estimate of drug-likeness (QED) is 0.844. The van der Waals surface area contributed by atoms with Crippen LogP contribution in [0.15, 0.2) is 5.38 Å². The smallest absolute Gasteiger partial charge is 0.413 e. The molecule has 0 atom stereocenters. The Bertz CT molecular complexity index is 613. The summed E-state index contributed by atoms with van der Waals surface area (Å²) in [7, 11) is 0. The molecule has 0 aromatic carbocycles. The van der Waals surface area contributed by atoms with Gasteiger partial charge in [-0.3, -0.25) is 10.1 Å².